The van der Waals surface area contributed by atoms with E-state index in [0.717, 1.165) is 40.8 Å². The summed E-state index contributed by atoms with van der Waals surface area (Å²) in [5.74, 6) is -4.35. The van der Waals surface area contributed by atoms with Crippen molar-refractivity contribution in [2.75, 3.05) is 10.2 Å². The average molecular weight is 443 g/mol. The number of halogens is 4. The van der Waals surface area contributed by atoms with Crippen LogP contribution >= 0.6 is 11.6 Å². The molecule has 1 aliphatic heterocycles. The Morgan fingerprint density at radius 1 is 0.839 bits per heavy atom. The second-order valence-corrected chi connectivity index (χ2v) is 7.32. The van der Waals surface area contributed by atoms with Crippen LogP contribution in [0.5, 0.6) is 0 Å². The van der Waals surface area contributed by atoms with Crippen LogP contribution in [-0.4, -0.2) is 11.8 Å². The van der Waals surface area contributed by atoms with Gasteiger partial charge in [-0.15, -0.1) is 0 Å². The number of anilines is 2. The van der Waals surface area contributed by atoms with Crippen LogP contribution in [0.4, 0.5) is 24.5 Å². The van der Waals surface area contributed by atoms with Crippen molar-refractivity contribution in [1.82, 2.24) is 0 Å². The number of rotatable bonds is 4. The van der Waals surface area contributed by atoms with Crippen molar-refractivity contribution in [3.63, 3.8) is 0 Å². The molecule has 0 fully saturated rings. The number of aryl methyl sites for hydroxylation is 1. The van der Waals surface area contributed by atoms with Gasteiger partial charge in [0.05, 0.1) is 11.3 Å². The maximum absolute atomic E-state index is 13.8. The summed E-state index contributed by atoms with van der Waals surface area (Å²) in [6, 6.07) is 12.7. The Balaban J connectivity index is 1.85. The largest absolute Gasteiger partial charge is 0.350 e. The first-order valence-corrected chi connectivity index (χ1v) is 9.51. The molecule has 4 rings (SSSR count). The molecule has 0 atom stereocenters. The molecule has 0 radical (unpaired) electrons. The van der Waals surface area contributed by atoms with Crippen molar-refractivity contribution in [1.29, 1.82) is 0 Å². The molecule has 1 aliphatic rings. The predicted molar refractivity (Wildman–Crippen MR) is 112 cm³/mol. The Labute approximate surface area is 180 Å². The fourth-order valence-electron chi connectivity index (χ4n) is 3.25. The zero-order valence-corrected chi connectivity index (χ0v) is 16.8. The predicted octanol–water partition coefficient (Wildman–Crippen LogP) is 5.46. The van der Waals surface area contributed by atoms with Crippen LogP contribution in [0.15, 0.2) is 66.4 Å². The summed E-state index contributed by atoms with van der Waals surface area (Å²) in [5, 5.41) is 3.35. The molecule has 1 heterocycles. The van der Waals surface area contributed by atoms with Crippen molar-refractivity contribution in [2.45, 2.75) is 6.92 Å². The smallest absolute Gasteiger partial charge is 0.282 e. The fraction of sp³-hybridized carbons (Fsp3) is 0.0435. The summed E-state index contributed by atoms with van der Waals surface area (Å²) in [6.07, 6.45) is 0. The first-order valence-electron chi connectivity index (χ1n) is 9.13. The van der Waals surface area contributed by atoms with Crippen LogP contribution in [0.25, 0.3) is 5.57 Å². The number of carbonyl (C=O) groups is 2. The molecule has 31 heavy (non-hydrogen) atoms. The van der Waals surface area contributed by atoms with E-state index in [-0.39, 0.29) is 22.5 Å². The van der Waals surface area contributed by atoms with Crippen LogP contribution in [0.1, 0.15) is 11.1 Å². The van der Waals surface area contributed by atoms with Gasteiger partial charge in [-0.25, -0.2) is 18.1 Å². The number of hydrogen-bond acceptors (Lipinski definition) is 3. The minimum Gasteiger partial charge on any atom is -0.350 e. The molecule has 1 N–H and O–H groups in total. The van der Waals surface area contributed by atoms with Crippen LogP contribution in [0.3, 0.4) is 0 Å². The lowest BCUT2D eigenvalue weighted by Gasteiger charge is -2.16. The van der Waals surface area contributed by atoms with Crippen LogP contribution < -0.4 is 10.2 Å². The summed E-state index contributed by atoms with van der Waals surface area (Å²) < 4.78 is 40.6. The zero-order chi connectivity index (χ0) is 22.3. The van der Waals surface area contributed by atoms with Crippen LogP contribution in [0, 0.1) is 24.4 Å². The molecule has 0 aliphatic carbocycles. The Hall–Kier alpha value is -3.58. The molecule has 0 saturated carbocycles. The minimum atomic E-state index is -1.20. The van der Waals surface area contributed by atoms with E-state index in [2.05, 4.69) is 5.32 Å². The first-order chi connectivity index (χ1) is 14.8. The van der Waals surface area contributed by atoms with E-state index in [4.69, 9.17) is 11.6 Å². The minimum absolute atomic E-state index is 0.0332. The number of amides is 2. The molecule has 156 valence electrons. The molecular formula is C23H14ClF3N2O2. The summed E-state index contributed by atoms with van der Waals surface area (Å²) in [4.78, 5) is 27.2. The molecule has 2 amide bonds. The lowest BCUT2D eigenvalue weighted by molar-refractivity contribution is -0.120. The van der Waals surface area contributed by atoms with Gasteiger partial charge in [0.2, 0.25) is 0 Å². The number of benzene rings is 3. The number of hydrogen-bond donors (Lipinski definition) is 1. The molecule has 0 aromatic heterocycles. The third-order valence-electron chi connectivity index (χ3n) is 4.84. The van der Waals surface area contributed by atoms with Gasteiger partial charge in [0.15, 0.2) is 11.6 Å². The standard InChI is InChI=1S/C23H14ClF3N2O2/c1-12-2-5-14(24)10-19(12)28-21-20(13-3-6-15(25)7-4-13)22(30)29(23(21)31)16-8-9-17(26)18(27)11-16/h2-11,28H,1H3. The summed E-state index contributed by atoms with van der Waals surface area (Å²) in [5.41, 5.74) is 1.26. The van der Waals surface area contributed by atoms with Crippen molar-refractivity contribution < 1.29 is 22.8 Å². The van der Waals surface area contributed by atoms with Crippen molar-refractivity contribution in [2.24, 2.45) is 0 Å². The summed E-state index contributed by atoms with van der Waals surface area (Å²) >= 11 is 6.06. The summed E-state index contributed by atoms with van der Waals surface area (Å²) in [6.45, 7) is 1.78. The normalized spacial score (nSPS) is 13.9. The van der Waals surface area contributed by atoms with E-state index in [0.29, 0.717) is 10.7 Å². The third kappa shape index (κ3) is 3.80. The maximum atomic E-state index is 13.8. The van der Waals surface area contributed by atoms with Gasteiger partial charge < -0.3 is 5.32 Å². The second-order valence-electron chi connectivity index (χ2n) is 6.89. The maximum Gasteiger partial charge on any atom is 0.282 e. The van der Waals surface area contributed by atoms with Gasteiger partial charge in [-0.05, 0) is 54.4 Å². The Kier molecular flexibility index (Phi) is 5.29. The highest BCUT2D eigenvalue weighted by molar-refractivity contribution is 6.46. The molecule has 0 saturated heterocycles. The van der Waals surface area contributed by atoms with E-state index in [9.17, 15) is 22.8 Å². The molecule has 3 aromatic rings. The zero-order valence-electron chi connectivity index (χ0n) is 16.0. The van der Waals surface area contributed by atoms with Crippen LogP contribution in [0.2, 0.25) is 5.02 Å². The van der Waals surface area contributed by atoms with Gasteiger partial charge in [0, 0.05) is 16.8 Å². The van der Waals surface area contributed by atoms with Gasteiger partial charge in [-0.2, -0.15) is 0 Å². The molecule has 4 nitrogen and oxygen atoms in total. The topological polar surface area (TPSA) is 49.4 Å². The highest BCUT2D eigenvalue weighted by Gasteiger charge is 2.40. The SMILES string of the molecule is Cc1ccc(Cl)cc1NC1=C(c2ccc(F)cc2)C(=O)N(c2ccc(F)c(F)c2)C1=O. The van der Waals surface area contributed by atoms with Crippen molar-refractivity contribution >= 4 is 40.4 Å². The van der Waals surface area contributed by atoms with E-state index >= 15 is 0 Å². The Bertz CT molecular complexity index is 1260. The molecule has 0 bridgehead atoms. The van der Waals surface area contributed by atoms with E-state index in [1.54, 1.807) is 25.1 Å². The highest BCUT2D eigenvalue weighted by atomic mass is 35.5. The third-order valence-corrected chi connectivity index (χ3v) is 5.07. The molecule has 0 unspecified atom stereocenters. The number of nitrogens with one attached hydrogen (secondary N) is 1. The number of imide groups is 1. The van der Waals surface area contributed by atoms with Gasteiger partial charge >= 0.3 is 0 Å². The number of nitrogens with zero attached hydrogens (tertiary/aromatic N) is 1. The Morgan fingerprint density at radius 3 is 2.23 bits per heavy atom. The monoisotopic (exact) mass is 442 g/mol. The number of carbonyl (C=O) groups excluding carboxylic acids is 2. The second kappa shape index (κ2) is 7.92. The molecule has 0 spiro atoms. The van der Waals surface area contributed by atoms with Crippen LogP contribution in [-0.2, 0) is 9.59 Å². The van der Waals surface area contributed by atoms with Gasteiger partial charge in [-0.3, -0.25) is 9.59 Å². The highest BCUT2D eigenvalue weighted by Crippen LogP contribution is 2.35. The average Bonchev–Trinajstić information content (AvgIpc) is 2.97. The first kappa shape index (κ1) is 20.7. The quantitative estimate of drug-likeness (QED) is 0.546. The molecular weight excluding hydrogens is 429 g/mol. The molecule has 3 aromatic carbocycles. The van der Waals surface area contributed by atoms with E-state index in [1.807, 2.05) is 0 Å². The van der Waals surface area contributed by atoms with Gasteiger partial charge in [0.1, 0.15) is 11.5 Å². The van der Waals surface area contributed by atoms with Gasteiger partial charge in [0.25, 0.3) is 11.8 Å². The van der Waals surface area contributed by atoms with Gasteiger partial charge in [-0.1, -0.05) is 29.8 Å². The summed E-state index contributed by atoms with van der Waals surface area (Å²) in [7, 11) is 0. The van der Waals surface area contributed by atoms with E-state index in [1.165, 1.54) is 12.1 Å². The van der Waals surface area contributed by atoms with Crippen molar-refractivity contribution in [3.05, 3.63) is 100.0 Å². The lowest BCUT2D eigenvalue weighted by atomic mass is 10.0. The fourth-order valence-corrected chi connectivity index (χ4v) is 3.42. The Morgan fingerprint density at radius 2 is 1.55 bits per heavy atom. The molecule has 8 heteroatoms. The lowest BCUT2D eigenvalue weighted by Crippen LogP contribution is -2.32. The van der Waals surface area contributed by atoms with Crippen molar-refractivity contribution in [3.8, 4) is 0 Å². The van der Waals surface area contributed by atoms with E-state index < -0.39 is 29.3 Å².